The maximum absolute atomic E-state index is 5.98. The third-order valence-corrected chi connectivity index (χ3v) is 5.39. The second-order valence-corrected chi connectivity index (χ2v) is 6.71. The van der Waals surface area contributed by atoms with Crippen LogP contribution in [-0.4, -0.2) is 22.5 Å². The van der Waals surface area contributed by atoms with Gasteiger partial charge in [-0.1, -0.05) is 17.7 Å². The van der Waals surface area contributed by atoms with Gasteiger partial charge in [0.2, 0.25) is 0 Å². The summed E-state index contributed by atoms with van der Waals surface area (Å²) in [4.78, 5) is 3.28. The molecular weight excluding hydrogens is 264 g/mol. The number of aromatic amines is 1. The maximum Gasteiger partial charge on any atom is 0.0472 e. The summed E-state index contributed by atoms with van der Waals surface area (Å²) in [5, 5.41) is 5.62. The van der Waals surface area contributed by atoms with Gasteiger partial charge in [0.1, 0.15) is 0 Å². The van der Waals surface area contributed by atoms with Gasteiger partial charge in [0.15, 0.2) is 0 Å². The van der Waals surface area contributed by atoms with Gasteiger partial charge < -0.3 is 10.3 Å². The minimum Gasteiger partial charge on any atom is -0.361 e. The topological polar surface area (TPSA) is 27.8 Å². The van der Waals surface area contributed by atoms with Crippen LogP contribution in [0.15, 0.2) is 24.4 Å². The van der Waals surface area contributed by atoms with Crippen LogP contribution in [0, 0.1) is 0 Å². The van der Waals surface area contributed by atoms with Crippen LogP contribution in [0.5, 0.6) is 0 Å². The number of hydrogen-bond donors (Lipinski definition) is 2. The molecule has 1 fully saturated rings. The highest BCUT2D eigenvalue weighted by Crippen LogP contribution is 2.46. The molecule has 3 rings (SSSR count). The largest absolute Gasteiger partial charge is 0.361 e. The van der Waals surface area contributed by atoms with Crippen LogP contribution in [0.2, 0.25) is 5.02 Å². The smallest absolute Gasteiger partial charge is 0.0472 e. The first-order valence-electron chi connectivity index (χ1n) is 6.24. The van der Waals surface area contributed by atoms with E-state index >= 15 is 0 Å². The van der Waals surface area contributed by atoms with Gasteiger partial charge in [-0.05, 0) is 36.8 Å². The number of aromatic nitrogens is 1. The van der Waals surface area contributed by atoms with Crippen LogP contribution in [0.4, 0.5) is 0 Å². The van der Waals surface area contributed by atoms with Crippen molar-refractivity contribution in [2.75, 3.05) is 12.8 Å². The van der Waals surface area contributed by atoms with E-state index in [9.17, 15) is 0 Å². The molecular formula is C14H17ClN2S. The van der Waals surface area contributed by atoms with Crippen molar-refractivity contribution in [3.05, 3.63) is 35.0 Å². The van der Waals surface area contributed by atoms with Crippen molar-refractivity contribution in [2.24, 2.45) is 0 Å². The second-order valence-electron chi connectivity index (χ2n) is 4.99. The Kier molecular flexibility index (Phi) is 3.31. The quantitative estimate of drug-likeness (QED) is 0.872. The fraction of sp³-hybridized carbons (Fsp3) is 0.429. The molecule has 0 spiro atoms. The molecule has 0 atom stereocenters. The predicted molar refractivity (Wildman–Crippen MR) is 80.5 cm³/mol. The van der Waals surface area contributed by atoms with E-state index in [4.69, 9.17) is 11.6 Å². The van der Waals surface area contributed by atoms with Gasteiger partial charge in [0.05, 0.1) is 0 Å². The predicted octanol–water partition coefficient (Wildman–Crippen LogP) is 3.81. The molecule has 1 aliphatic carbocycles. The highest BCUT2D eigenvalue weighted by molar-refractivity contribution is 8.00. The van der Waals surface area contributed by atoms with Gasteiger partial charge >= 0.3 is 0 Å². The molecule has 2 N–H and O–H groups in total. The summed E-state index contributed by atoms with van der Waals surface area (Å²) in [5.74, 6) is 0. The van der Waals surface area contributed by atoms with Crippen LogP contribution in [0.3, 0.4) is 0 Å². The van der Waals surface area contributed by atoms with Gasteiger partial charge in [-0.15, -0.1) is 0 Å². The first-order valence-corrected chi connectivity index (χ1v) is 7.84. The minimum atomic E-state index is 0.523. The Labute approximate surface area is 116 Å². The molecule has 0 aliphatic heterocycles. The number of halogens is 1. The Morgan fingerprint density at radius 3 is 3.00 bits per heavy atom. The van der Waals surface area contributed by atoms with Gasteiger partial charge in [-0.2, -0.15) is 11.8 Å². The van der Waals surface area contributed by atoms with E-state index in [1.807, 2.05) is 23.9 Å². The van der Waals surface area contributed by atoms with Crippen molar-refractivity contribution in [3.8, 4) is 0 Å². The Morgan fingerprint density at radius 1 is 1.44 bits per heavy atom. The van der Waals surface area contributed by atoms with Gasteiger partial charge in [-0.3, -0.25) is 0 Å². The molecule has 0 amide bonds. The van der Waals surface area contributed by atoms with E-state index in [0.29, 0.717) is 4.75 Å². The third-order valence-electron chi connectivity index (χ3n) is 3.73. The SMILES string of the molecule is CSC1(CNCc2c[nH]c3cc(Cl)ccc23)CC1. The molecule has 0 bridgehead atoms. The summed E-state index contributed by atoms with van der Waals surface area (Å²) in [6, 6.07) is 6.02. The van der Waals surface area contributed by atoms with Crippen molar-refractivity contribution < 1.29 is 0 Å². The summed E-state index contributed by atoms with van der Waals surface area (Å²) < 4.78 is 0.523. The Bertz CT molecular complexity index is 560. The van der Waals surface area contributed by atoms with Crippen LogP contribution in [0.1, 0.15) is 18.4 Å². The molecule has 1 heterocycles. The van der Waals surface area contributed by atoms with E-state index in [1.165, 1.54) is 23.8 Å². The molecule has 2 aromatic rings. The molecule has 0 saturated heterocycles. The average molecular weight is 281 g/mol. The zero-order valence-electron chi connectivity index (χ0n) is 10.4. The van der Waals surface area contributed by atoms with Crippen LogP contribution in [-0.2, 0) is 6.54 Å². The molecule has 2 nitrogen and oxygen atoms in total. The zero-order chi connectivity index (χ0) is 12.6. The fourth-order valence-electron chi connectivity index (χ4n) is 2.32. The van der Waals surface area contributed by atoms with Crippen LogP contribution >= 0.6 is 23.4 Å². The summed E-state index contributed by atoms with van der Waals surface area (Å²) in [6.45, 7) is 2.03. The first-order chi connectivity index (χ1) is 8.72. The van der Waals surface area contributed by atoms with E-state index < -0.39 is 0 Å². The van der Waals surface area contributed by atoms with E-state index in [1.54, 1.807) is 0 Å². The first kappa shape index (κ1) is 12.4. The number of H-pyrrole nitrogens is 1. The fourth-order valence-corrected chi connectivity index (χ4v) is 3.25. The lowest BCUT2D eigenvalue weighted by Gasteiger charge is -2.12. The molecule has 1 aromatic heterocycles. The number of hydrogen-bond acceptors (Lipinski definition) is 2. The lowest BCUT2D eigenvalue weighted by molar-refractivity contribution is 0.665. The van der Waals surface area contributed by atoms with Crippen molar-refractivity contribution in [1.29, 1.82) is 0 Å². The Morgan fingerprint density at radius 2 is 2.28 bits per heavy atom. The van der Waals surface area contributed by atoms with E-state index in [2.05, 4.69) is 28.8 Å². The van der Waals surface area contributed by atoms with Gasteiger partial charge in [0.25, 0.3) is 0 Å². The molecule has 0 unspecified atom stereocenters. The van der Waals surface area contributed by atoms with Crippen molar-refractivity contribution >= 4 is 34.3 Å². The second kappa shape index (κ2) is 4.80. The number of fused-ring (bicyclic) bond motifs is 1. The lowest BCUT2D eigenvalue weighted by atomic mass is 10.2. The lowest BCUT2D eigenvalue weighted by Crippen LogP contribution is -2.25. The number of rotatable bonds is 5. The van der Waals surface area contributed by atoms with Gasteiger partial charge in [0, 0.05) is 40.0 Å². The molecule has 4 heteroatoms. The number of nitrogens with one attached hydrogen (secondary N) is 2. The number of benzene rings is 1. The normalized spacial score (nSPS) is 17.2. The highest BCUT2D eigenvalue weighted by atomic mass is 35.5. The van der Waals surface area contributed by atoms with Crippen LogP contribution < -0.4 is 5.32 Å². The molecule has 18 heavy (non-hydrogen) atoms. The number of thioether (sulfide) groups is 1. The van der Waals surface area contributed by atoms with E-state index in [0.717, 1.165) is 23.6 Å². The summed E-state index contributed by atoms with van der Waals surface area (Å²) >= 11 is 7.97. The van der Waals surface area contributed by atoms with Crippen molar-refractivity contribution in [3.63, 3.8) is 0 Å². The van der Waals surface area contributed by atoms with Crippen molar-refractivity contribution in [2.45, 2.75) is 24.1 Å². The summed E-state index contributed by atoms with van der Waals surface area (Å²) in [6.07, 6.45) is 6.99. The minimum absolute atomic E-state index is 0.523. The monoisotopic (exact) mass is 280 g/mol. The molecule has 1 aliphatic rings. The average Bonchev–Trinajstić information content (AvgIpc) is 3.05. The molecule has 1 aromatic carbocycles. The maximum atomic E-state index is 5.98. The standard InChI is InChI=1S/C14H17ClN2S/c1-18-14(4-5-14)9-16-7-10-8-17-13-6-11(15)2-3-12(10)13/h2-3,6,8,16-17H,4-5,7,9H2,1H3. The van der Waals surface area contributed by atoms with Gasteiger partial charge in [-0.25, -0.2) is 0 Å². The van der Waals surface area contributed by atoms with Crippen molar-refractivity contribution in [1.82, 2.24) is 10.3 Å². The Hall–Kier alpha value is -0.640. The molecule has 1 saturated carbocycles. The zero-order valence-corrected chi connectivity index (χ0v) is 12.0. The summed E-state index contributed by atoms with van der Waals surface area (Å²) in [7, 11) is 0. The highest BCUT2D eigenvalue weighted by Gasteiger charge is 2.41. The molecule has 0 radical (unpaired) electrons. The van der Waals surface area contributed by atoms with Crippen LogP contribution in [0.25, 0.3) is 10.9 Å². The Balaban J connectivity index is 1.67. The third kappa shape index (κ3) is 2.40. The van der Waals surface area contributed by atoms with E-state index in [-0.39, 0.29) is 0 Å². The molecule has 96 valence electrons. The summed E-state index contributed by atoms with van der Waals surface area (Å²) in [5.41, 5.74) is 2.43.